The molecule has 0 saturated carbocycles. The van der Waals surface area contributed by atoms with Crippen molar-refractivity contribution in [2.45, 2.75) is 0 Å². The average Bonchev–Trinajstić information content (AvgIpc) is 2.90. The number of aliphatic imine (C=N–C) groups is 1. The number of ether oxygens (including phenoxy) is 1. The Kier molecular flexibility index (Phi) is 4.09. The summed E-state index contributed by atoms with van der Waals surface area (Å²) in [7, 11) is 0. The Morgan fingerprint density at radius 3 is 2.58 bits per heavy atom. The van der Waals surface area contributed by atoms with Crippen LogP contribution in [-0.2, 0) is 9.53 Å². The number of nitrogens with zero attached hydrogens (tertiary/aromatic N) is 2. The summed E-state index contributed by atoms with van der Waals surface area (Å²) in [6.07, 6.45) is 1.35. The van der Waals surface area contributed by atoms with Crippen LogP contribution in [0.1, 0.15) is 11.1 Å². The number of nitro groups is 1. The fourth-order valence-electron chi connectivity index (χ4n) is 2.04. The van der Waals surface area contributed by atoms with Gasteiger partial charge in [-0.05, 0) is 42.0 Å². The molecule has 0 saturated heterocycles. The summed E-state index contributed by atoms with van der Waals surface area (Å²) < 4.78 is 18.0. The molecule has 0 amide bonds. The molecule has 0 unspecified atom stereocenters. The van der Waals surface area contributed by atoms with Gasteiger partial charge in [0, 0.05) is 11.6 Å². The molecule has 3 rings (SSSR count). The van der Waals surface area contributed by atoms with Crippen molar-refractivity contribution in [1.82, 2.24) is 0 Å². The van der Waals surface area contributed by atoms with Crippen molar-refractivity contribution in [1.29, 1.82) is 0 Å². The molecule has 8 heteroatoms. The smallest absolute Gasteiger partial charge is 0.363 e. The van der Waals surface area contributed by atoms with E-state index >= 15 is 0 Å². The predicted octanol–water partition coefficient (Wildman–Crippen LogP) is 3.73. The van der Waals surface area contributed by atoms with E-state index in [0.717, 1.165) is 0 Å². The minimum atomic E-state index is -0.702. The standard InChI is InChI=1S/C16H8ClFN2O4/c17-12-6-1-9(8-14(12)20(22)23)7-13-16(21)24-15(19-13)10-2-4-11(18)5-3-10/h1-8H/b13-7-. The Bertz CT molecular complexity index is 907. The van der Waals surface area contributed by atoms with Gasteiger partial charge in [0.05, 0.1) is 4.92 Å². The molecule has 0 aromatic heterocycles. The summed E-state index contributed by atoms with van der Waals surface area (Å²) in [5, 5.41) is 10.9. The van der Waals surface area contributed by atoms with E-state index in [1.165, 1.54) is 48.5 Å². The number of carbonyl (C=O) groups is 1. The van der Waals surface area contributed by atoms with Crippen molar-refractivity contribution >= 4 is 35.2 Å². The Labute approximate surface area is 140 Å². The molecule has 120 valence electrons. The van der Waals surface area contributed by atoms with Crippen molar-refractivity contribution in [3.63, 3.8) is 0 Å². The number of benzene rings is 2. The SMILES string of the molecule is O=C1OC(c2ccc(F)cc2)=N/C1=C\c1ccc(Cl)c([N+](=O)[O-])c1. The van der Waals surface area contributed by atoms with Crippen LogP contribution in [0, 0.1) is 15.9 Å². The van der Waals surface area contributed by atoms with Crippen LogP contribution in [0.25, 0.3) is 6.08 Å². The topological polar surface area (TPSA) is 81.8 Å². The lowest BCUT2D eigenvalue weighted by Crippen LogP contribution is -2.05. The van der Waals surface area contributed by atoms with E-state index < -0.39 is 16.7 Å². The molecule has 0 N–H and O–H groups in total. The van der Waals surface area contributed by atoms with Gasteiger partial charge in [-0.15, -0.1) is 0 Å². The summed E-state index contributed by atoms with van der Waals surface area (Å²) in [6.45, 7) is 0. The average molecular weight is 347 g/mol. The minimum Gasteiger partial charge on any atom is -0.402 e. The maximum atomic E-state index is 12.9. The van der Waals surface area contributed by atoms with Gasteiger partial charge >= 0.3 is 5.97 Å². The zero-order valence-electron chi connectivity index (χ0n) is 11.9. The molecule has 1 aliphatic rings. The van der Waals surface area contributed by atoms with Crippen LogP contribution in [0.4, 0.5) is 10.1 Å². The number of esters is 1. The second-order valence-corrected chi connectivity index (χ2v) is 5.22. The van der Waals surface area contributed by atoms with Gasteiger partial charge in [-0.1, -0.05) is 17.7 Å². The first-order valence-electron chi connectivity index (χ1n) is 6.66. The predicted molar refractivity (Wildman–Crippen MR) is 85.1 cm³/mol. The molecule has 2 aromatic rings. The highest BCUT2D eigenvalue weighted by Crippen LogP contribution is 2.27. The third kappa shape index (κ3) is 3.16. The number of nitro benzene ring substituents is 1. The first kappa shape index (κ1) is 15.8. The molecular formula is C16H8ClFN2O4. The maximum Gasteiger partial charge on any atom is 0.363 e. The van der Waals surface area contributed by atoms with Crippen molar-refractivity contribution in [2.75, 3.05) is 0 Å². The number of cyclic esters (lactones) is 1. The minimum absolute atomic E-state index is 0.00773. The third-order valence-electron chi connectivity index (χ3n) is 3.18. The van der Waals surface area contributed by atoms with Crippen molar-refractivity contribution < 1.29 is 18.8 Å². The molecule has 6 nitrogen and oxygen atoms in total. The summed E-state index contributed by atoms with van der Waals surface area (Å²) in [6, 6.07) is 9.40. The normalized spacial score (nSPS) is 15.3. The van der Waals surface area contributed by atoms with Crippen LogP contribution >= 0.6 is 11.6 Å². The number of carbonyl (C=O) groups excluding carboxylic acids is 1. The van der Waals surface area contributed by atoms with Gasteiger partial charge < -0.3 is 4.74 Å². The van der Waals surface area contributed by atoms with Crippen LogP contribution in [-0.4, -0.2) is 16.8 Å². The van der Waals surface area contributed by atoms with E-state index in [4.69, 9.17) is 16.3 Å². The largest absolute Gasteiger partial charge is 0.402 e. The Hall–Kier alpha value is -3.06. The van der Waals surface area contributed by atoms with Gasteiger partial charge in [-0.2, -0.15) is 0 Å². The van der Waals surface area contributed by atoms with Gasteiger partial charge in [-0.3, -0.25) is 10.1 Å². The van der Waals surface area contributed by atoms with E-state index in [2.05, 4.69) is 4.99 Å². The molecule has 0 aliphatic carbocycles. The van der Waals surface area contributed by atoms with Crippen molar-refractivity contribution in [3.8, 4) is 0 Å². The third-order valence-corrected chi connectivity index (χ3v) is 3.50. The van der Waals surface area contributed by atoms with E-state index in [0.29, 0.717) is 11.1 Å². The summed E-state index contributed by atoms with van der Waals surface area (Å²) in [4.78, 5) is 26.2. The highest BCUT2D eigenvalue weighted by atomic mass is 35.5. The van der Waals surface area contributed by atoms with Gasteiger partial charge in [0.2, 0.25) is 5.90 Å². The molecule has 1 aliphatic heterocycles. The molecule has 2 aromatic carbocycles. The molecule has 1 heterocycles. The monoisotopic (exact) mass is 346 g/mol. The zero-order chi connectivity index (χ0) is 17.3. The van der Waals surface area contributed by atoms with E-state index in [1.54, 1.807) is 0 Å². The lowest BCUT2D eigenvalue weighted by Gasteiger charge is -1.98. The summed E-state index contributed by atoms with van der Waals surface area (Å²) in [5.41, 5.74) is 0.517. The number of halogens is 2. The van der Waals surface area contributed by atoms with Gasteiger partial charge in [0.1, 0.15) is 10.8 Å². The van der Waals surface area contributed by atoms with Crippen molar-refractivity contribution in [3.05, 3.63) is 80.2 Å². The van der Waals surface area contributed by atoms with Gasteiger partial charge in [-0.25, -0.2) is 14.2 Å². The number of rotatable bonds is 3. The van der Waals surface area contributed by atoms with E-state index in [-0.39, 0.29) is 22.3 Å². The van der Waals surface area contributed by atoms with Gasteiger partial charge in [0.15, 0.2) is 5.70 Å². The molecule has 0 radical (unpaired) electrons. The molecular weight excluding hydrogens is 339 g/mol. The van der Waals surface area contributed by atoms with Crippen LogP contribution in [0.2, 0.25) is 5.02 Å². The highest BCUT2D eigenvalue weighted by Gasteiger charge is 2.24. The molecule has 0 spiro atoms. The van der Waals surface area contributed by atoms with Gasteiger partial charge in [0.25, 0.3) is 5.69 Å². The maximum absolute atomic E-state index is 12.9. The second-order valence-electron chi connectivity index (χ2n) is 4.81. The number of hydrogen-bond acceptors (Lipinski definition) is 5. The zero-order valence-corrected chi connectivity index (χ0v) is 12.7. The molecule has 0 atom stereocenters. The lowest BCUT2D eigenvalue weighted by molar-refractivity contribution is -0.384. The first-order valence-corrected chi connectivity index (χ1v) is 7.04. The quantitative estimate of drug-likeness (QED) is 0.367. The molecule has 0 bridgehead atoms. The van der Waals surface area contributed by atoms with E-state index in [9.17, 15) is 19.3 Å². The fraction of sp³-hybridized carbons (Fsp3) is 0. The van der Waals surface area contributed by atoms with Crippen LogP contribution < -0.4 is 0 Å². The van der Waals surface area contributed by atoms with Crippen LogP contribution in [0.15, 0.2) is 53.2 Å². The van der Waals surface area contributed by atoms with E-state index in [1.807, 2.05) is 0 Å². The second kappa shape index (κ2) is 6.21. The van der Waals surface area contributed by atoms with Crippen molar-refractivity contribution in [2.24, 2.45) is 4.99 Å². The molecule has 24 heavy (non-hydrogen) atoms. The Morgan fingerprint density at radius 2 is 1.92 bits per heavy atom. The highest BCUT2D eigenvalue weighted by molar-refractivity contribution is 6.32. The summed E-state index contributed by atoms with van der Waals surface area (Å²) in [5.74, 6) is -1.09. The lowest BCUT2D eigenvalue weighted by atomic mass is 10.1. The summed E-state index contributed by atoms with van der Waals surface area (Å²) >= 11 is 5.74. The van der Waals surface area contributed by atoms with Crippen LogP contribution in [0.3, 0.4) is 0 Å². The number of hydrogen-bond donors (Lipinski definition) is 0. The van der Waals surface area contributed by atoms with Crippen LogP contribution in [0.5, 0.6) is 0 Å². The molecule has 0 fully saturated rings. The Morgan fingerprint density at radius 1 is 1.21 bits per heavy atom. The Balaban J connectivity index is 1.95. The fourth-order valence-corrected chi connectivity index (χ4v) is 2.23. The first-order chi connectivity index (χ1) is 11.4.